The van der Waals surface area contributed by atoms with E-state index in [0.29, 0.717) is 37.9 Å². The van der Waals surface area contributed by atoms with Gasteiger partial charge >= 0.3 is 0 Å². The van der Waals surface area contributed by atoms with Crippen LogP contribution < -0.4 is 0 Å². The highest BCUT2D eigenvalue weighted by molar-refractivity contribution is 7.88. The zero-order chi connectivity index (χ0) is 18.0. The van der Waals surface area contributed by atoms with E-state index < -0.39 is 10.0 Å². The summed E-state index contributed by atoms with van der Waals surface area (Å²) >= 11 is 0. The van der Waals surface area contributed by atoms with Crippen LogP contribution in [0.3, 0.4) is 0 Å². The quantitative estimate of drug-likeness (QED) is 0.780. The molecular weight excluding hydrogens is 340 g/mol. The Balaban J connectivity index is 1.44. The Labute approximate surface area is 150 Å². The van der Waals surface area contributed by atoms with E-state index in [4.69, 9.17) is 0 Å². The van der Waals surface area contributed by atoms with E-state index >= 15 is 0 Å². The summed E-state index contributed by atoms with van der Waals surface area (Å²) in [6.45, 7) is 5.50. The Bertz CT molecular complexity index is 707. The second kappa shape index (κ2) is 7.45. The highest BCUT2D eigenvalue weighted by Gasteiger charge is 2.34. The molecule has 1 atom stereocenters. The largest absolute Gasteiger partial charge is 0.342 e. The lowest BCUT2D eigenvalue weighted by Gasteiger charge is -2.33. The lowest BCUT2D eigenvalue weighted by molar-refractivity contribution is -0.130. The van der Waals surface area contributed by atoms with Crippen LogP contribution in [0.25, 0.3) is 0 Å². The molecule has 25 heavy (non-hydrogen) atoms. The first-order chi connectivity index (χ1) is 11.8. The molecule has 3 heterocycles. The summed E-state index contributed by atoms with van der Waals surface area (Å²) in [6, 6.07) is 0. The van der Waals surface area contributed by atoms with Gasteiger partial charge < -0.3 is 4.90 Å². The normalized spacial score (nSPS) is 23.3. The van der Waals surface area contributed by atoms with Gasteiger partial charge in [-0.3, -0.25) is 9.48 Å². The molecule has 0 aromatic carbocycles. The Morgan fingerprint density at radius 3 is 2.48 bits per heavy atom. The van der Waals surface area contributed by atoms with Crippen molar-refractivity contribution in [3.05, 3.63) is 18.0 Å². The van der Waals surface area contributed by atoms with Gasteiger partial charge in [0.15, 0.2) is 0 Å². The molecule has 3 rings (SSSR count). The fraction of sp³-hybridized carbons (Fsp3) is 0.765. The highest BCUT2D eigenvalue weighted by Crippen LogP contribution is 2.32. The number of rotatable bonds is 5. The third-order valence-electron chi connectivity index (χ3n) is 5.53. The minimum Gasteiger partial charge on any atom is -0.342 e. The predicted octanol–water partition coefficient (Wildman–Crippen LogP) is 1.10. The molecule has 140 valence electrons. The Kier molecular flexibility index (Phi) is 5.48. The topological polar surface area (TPSA) is 75.5 Å². The average molecular weight is 369 g/mol. The van der Waals surface area contributed by atoms with Crippen LogP contribution >= 0.6 is 0 Å². The fourth-order valence-corrected chi connectivity index (χ4v) is 4.91. The predicted molar refractivity (Wildman–Crippen MR) is 95.4 cm³/mol. The molecule has 0 N–H and O–H groups in total. The van der Waals surface area contributed by atoms with Crippen molar-refractivity contribution in [2.45, 2.75) is 39.2 Å². The molecule has 2 aliphatic heterocycles. The van der Waals surface area contributed by atoms with E-state index in [9.17, 15) is 13.2 Å². The maximum atomic E-state index is 12.4. The SMILES string of the molecule is Cc1cnn(CCC(=O)N2CCC(C3CCN(S(C)(=O)=O)CC3)C2)c1. The Hall–Kier alpha value is -1.41. The number of carbonyl (C=O) groups is 1. The standard InChI is InChI=1S/C17H28N4O3S/c1-14-11-18-20(12-14)8-6-17(22)19-7-3-16(13-19)15-4-9-21(10-5-15)25(2,23)24/h11-12,15-16H,3-10,13H2,1-2H3. The van der Waals surface area contributed by atoms with Gasteiger partial charge in [-0.05, 0) is 43.6 Å². The Morgan fingerprint density at radius 1 is 1.20 bits per heavy atom. The first kappa shape index (κ1) is 18.4. The molecule has 0 saturated carbocycles. The third kappa shape index (κ3) is 4.61. The summed E-state index contributed by atoms with van der Waals surface area (Å²) in [6.07, 6.45) is 8.38. The molecule has 0 aliphatic carbocycles. The van der Waals surface area contributed by atoms with E-state index in [0.717, 1.165) is 37.9 Å². The molecule has 7 nitrogen and oxygen atoms in total. The van der Waals surface area contributed by atoms with E-state index in [1.54, 1.807) is 10.5 Å². The highest BCUT2D eigenvalue weighted by atomic mass is 32.2. The molecule has 1 aromatic rings. The molecule has 1 unspecified atom stereocenters. The van der Waals surface area contributed by atoms with Crippen molar-refractivity contribution in [3.63, 3.8) is 0 Å². The van der Waals surface area contributed by atoms with Gasteiger partial charge in [0.25, 0.3) is 0 Å². The average Bonchev–Trinajstić information content (AvgIpc) is 3.21. The molecular formula is C17H28N4O3S. The molecule has 2 saturated heterocycles. The number of aryl methyl sites for hydroxylation is 2. The zero-order valence-corrected chi connectivity index (χ0v) is 15.9. The van der Waals surface area contributed by atoms with Crippen LogP contribution in [0.15, 0.2) is 12.4 Å². The van der Waals surface area contributed by atoms with Gasteiger partial charge in [-0.1, -0.05) is 0 Å². The van der Waals surface area contributed by atoms with Crippen LogP contribution in [0.2, 0.25) is 0 Å². The van der Waals surface area contributed by atoms with Crippen LogP contribution in [0.5, 0.6) is 0 Å². The number of hydrogen-bond donors (Lipinski definition) is 0. The van der Waals surface area contributed by atoms with Crippen LogP contribution in [-0.4, -0.2) is 65.7 Å². The van der Waals surface area contributed by atoms with Gasteiger partial charge in [-0.2, -0.15) is 5.10 Å². The van der Waals surface area contributed by atoms with Crippen molar-refractivity contribution in [2.75, 3.05) is 32.4 Å². The molecule has 0 radical (unpaired) electrons. The summed E-state index contributed by atoms with van der Waals surface area (Å²) in [5.74, 6) is 1.24. The summed E-state index contributed by atoms with van der Waals surface area (Å²) in [5, 5.41) is 4.22. The van der Waals surface area contributed by atoms with Gasteiger partial charge in [0.05, 0.1) is 12.5 Å². The summed E-state index contributed by atoms with van der Waals surface area (Å²) in [5.41, 5.74) is 1.11. The van der Waals surface area contributed by atoms with Crippen molar-refractivity contribution >= 4 is 15.9 Å². The number of sulfonamides is 1. The van der Waals surface area contributed by atoms with E-state index in [1.165, 1.54) is 6.26 Å². The molecule has 1 aromatic heterocycles. The number of amides is 1. The first-order valence-electron chi connectivity index (χ1n) is 9.05. The van der Waals surface area contributed by atoms with Crippen LogP contribution in [0.4, 0.5) is 0 Å². The van der Waals surface area contributed by atoms with Crippen LogP contribution in [0, 0.1) is 18.8 Å². The molecule has 1 amide bonds. The van der Waals surface area contributed by atoms with Crippen molar-refractivity contribution in [2.24, 2.45) is 11.8 Å². The molecule has 0 bridgehead atoms. The van der Waals surface area contributed by atoms with E-state index in [1.807, 2.05) is 22.7 Å². The van der Waals surface area contributed by atoms with Crippen LogP contribution in [0.1, 0.15) is 31.2 Å². The molecule has 8 heteroatoms. The maximum Gasteiger partial charge on any atom is 0.224 e. The van der Waals surface area contributed by atoms with Gasteiger partial charge in [-0.15, -0.1) is 0 Å². The lowest BCUT2D eigenvalue weighted by Crippen LogP contribution is -2.40. The number of carbonyl (C=O) groups excluding carboxylic acids is 1. The Morgan fingerprint density at radius 2 is 1.88 bits per heavy atom. The van der Waals surface area contributed by atoms with E-state index in [2.05, 4.69) is 5.10 Å². The number of hydrogen-bond acceptors (Lipinski definition) is 4. The maximum absolute atomic E-state index is 12.4. The van der Waals surface area contributed by atoms with Crippen molar-refractivity contribution in [1.29, 1.82) is 0 Å². The molecule has 2 aliphatic rings. The smallest absolute Gasteiger partial charge is 0.224 e. The number of aromatic nitrogens is 2. The number of likely N-dealkylation sites (tertiary alicyclic amines) is 1. The molecule has 0 spiro atoms. The van der Waals surface area contributed by atoms with Crippen LogP contribution in [-0.2, 0) is 21.4 Å². The minimum absolute atomic E-state index is 0.198. The van der Waals surface area contributed by atoms with Crippen molar-refractivity contribution in [3.8, 4) is 0 Å². The summed E-state index contributed by atoms with van der Waals surface area (Å²) < 4.78 is 26.6. The fourth-order valence-electron chi connectivity index (χ4n) is 4.03. The van der Waals surface area contributed by atoms with Gasteiger partial charge in [0.1, 0.15) is 0 Å². The lowest BCUT2D eigenvalue weighted by atomic mass is 9.84. The number of nitrogens with zero attached hydrogens (tertiary/aromatic N) is 4. The summed E-state index contributed by atoms with van der Waals surface area (Å²) in [7, 11) is -3.07. The van der Waals surface area contributed by atoms with E-state index in [-0.39, 0.29) is 5.91 Å². The van der Waals surface area contributed by atoms with Gasteiger partial charge in [-0.25, -0.2) is 12.7 Å². The zero-order valence-electron chi connectivity index (χ0n) is 15.1. The third-order valence-corrected chi connectivity index (χ3v) is 6.83. The monoisotopic (exact) mass is 368 g/mol. The number of piperidine rings is 1. The van der Waals surface area contributed by atoms with Gasteiger partial charge in [0.2, 0.25) is 15.9 Å². The second-order valence-corrected chi connectivity index (χ2v) is 9.40. The molecule has 2 fully saturated rings. The van der Waals surface area contributed by atoms with Crippen molar-refractivity contribution in [1.82, 2.24) is 19.0 Å². The second-order valence-electron chi connectivity index (χ2n) is 7.42. The first-order valence-corrected chi connectivity index (χ1v) is 10.9. The minimum atomic E-state index is -3.07. The van der Waals surface area contributed by atoms with Crippen molar-refractivity contribution < 1.29 is 13.2 Å². The van der Waals surface area contributed by atoms with Gasteiger partial charge in [0, 0.05) is 45.3 Å². The summed E-state index contributed by atoms with van der Waals surface area (Å²) in [4.78, 5) is 14.4.